The Labute approximate surface area is 319 Å². The van der Waals surface area contributed by atoms with E-state index in [-0.39, 0.29) is 0 Å². The van der Waals surface area contributed by atoms with Gasteiger partial charge in [-0.2, -0.15) is 0 Å². The fourth-order valence-corrected chi connectivity index (χ4v) is 7.62. The van der Waals surface area contributed by atoms with Crippen molar-refractivity contribution in [3.63, 3.8) is 0 Å². The first-order valence-corrected chi connectivity index (χ1v) is 18.5. The van der Waals surface area contributed by atoms with Crippen molar-refractivity contribution in [2.45, 2.75) is 0 Å². The highest BCUT2D eigenvalue weighted by atomic mass is 15.1. The molecular formula is C51H34N4. The summed E-state index contributed by atoms with van der Waals surface area (Å²) in [7, 11) is 0. The van der Waals surface area contributed by atoms with Gasteiger partial charge in [-0.25, -0.2) is 15.0 Å². The number of benzene rings is 8. The van der Waals surface area contributed by atoms with E-state index >= 15 is 0 Å². The van der Waals surface area contributed by atoms with Crippen LogP contribution in [0.5, 0.6) is 0 Å². The topological polar surface area (TPSA) is 43.6 Å². The highest BCUT2D eigenvalue weighted by molar-refractivity contribution is 6.14. The molecule has 55 heavy (non-hydrogen) atoms. The van der Waals surface area contributed by atoms with Crippen molar-refractivity contribution in [2.24, 2.45) is 0 Å². The van der Waals surface area contributed by atoms with Gasteiger partial charge in [0.15, 0.2) is 17.5 Å². The van der Waals surface area contributed by atoms with Crippen LogP contribution in [0.1, 0.15) is 0 Å². The average molecular weight is 703 g/mol. The Balaban J connectivity index is 1.26. The third-order valence-corrected chi connectivity index (χ3v) is 10.3. The van der Waals surface area contributed by atoms with Crippen LogP contribution in [-0.2, 0) is 0 Å². The van der Waals surface area contributed by atoms with E-state index < -0.39 is 0 Å². The zero-order valence-corrected chi connectivity index (χ0v) is 29.9. The first kappa shape index (κ1) is 32.2. The lowest BCUT2D eigenvalue weighted by Crippen LogP contribution is -2.04. The molecule has 0 aliphatic rings. The first-order valence-electron chi connectivity index (χ1n) is 18.5. The van der Waals surface area contributed by atoms with Crippen molar-refractivity contribution >= 4 is 21.8 Å². The fourth-order valence-electron chi connectivity index (χ4n) is 7.62. The lowest BCUT2D eigenvalue weighted by atomic mass is 10.00. The predicted molar refractivity (Wildman–Crippen MR) is 227 cm³/mol. The SMILES string of the molecule is c1ccc(-c2ccc(-c3nc(-c4ccccc4)nc(-c4ccc(-c5ccccc5)cc4-n4c5ccccc5c5cccc(-c6ccccc6)c54)n3)cc2)cc1. The number of aromatic nitrogens is 4. The molecule has 0 aliphatic heterocycles. The van der Waals surface area contributed by atoms with Gasteiger partial charge in [-0.1, -0.05) is 188 Å². The molecule has 4 heteroatoms. The molecule has 0 N–H and O–H groups in total. The first-order chi connectivity index (χ1) is 27.3. The zero-order valence-electron chi connectivity index (χ0n) is 29.9. The summed E-state index contributed by atoms with van der Waals surface area (Å²) in [6.45, 7) is 0. The van der Waals surface area contributed by atoms with Crippen LogP contribution in [0.25, 0.3) is 95.0 Å². The molecule has 0 saturated carbocycles. The summed E-state index contributed by atoms with van der Waals surface area (Å²) in [4.78, 5) is 15.6. The molecule has 0 radical (unpaired) electrons. The van der Waals surface area contributed by atoms with Gasteiger partial charge < -0.3 is 4.57 Å². The third-order valence-electron chi connectivity index (χ3n) is 10.3. The smallest absolute Gasteiger partial charge is 0.166 e. The largest absolute Gasteiger partial charge is 0.308 e. The molecular weight excluding hydrogens is 669 g/mol. The second kappa shape index (κ2) is 13.8. The molecule has 10 aromatic rings. The number of fused-ring (bicyclic) bond motifs is 3. The monoisotopic (exact) mass is 702 g/mol. The van der Waals surface area contributed by atoms with Crippen LogP contribution in [0.15, 0.2) is 206 Å². The Morgan fingerprint density at radius 1 is 0.291 bits per heavy atom. The molecule has 0 amide bonds. The van der Waals surface area contributed by atoms with Crippen LogP contribution in [0.4, 0.5) is 0 Å². The Hall–Kier alpha value is -7.43. The Morgan fingerprint density at radius 2 is 0.745 bits per heavy atom. The van der Waals surface area contributed by atoms with Crippen molar-refractivity contribution in [3.05, 3.63) is 206 Å². The highest BCUT2D eigenvalue weighted by Gasteiger charge is 2.22. The van der Waals surface area contributed by atoms with E-state index in [0.29, 0.717) is 17.5 Å². The Morgan fingerprint density at radius 3 is 1.40 bits per heavy atom. The van der Waals surface area contributed by atoms with Crippen molar-refractivity contribution in [1.82, 2.24) is 19.5 Å². The predicted octanol–water partition coefficient (Wildman–Crippen LogP) is 13.0. The van der Waals surface area contributed by atoms with Gasteiger partial charge in [0.1, 0.15) is 0 Å². The van der Waals surface area contributed by atoms with E-state index in [1.807, 2.05) is 24.3 Å². The summed E-state index contributed by atoms with van der Waals surface area (Å²) < 4.78 is 2.41. The summed E-state index contributed by atoms with van der Waals surface area (Å²) in [5.74, 6) is 1.85. The second-order valence-corrected chi connectivity index (χ2v) is 13.6. The maximum Gasteiger partial charge on any atom is 0.166 e. The van der Waals surface area contributed by atoms with Crippen molar-refractivity contribution in [3.8, 4) is 73.2 Å². The lowest BCUT2D eigenvalue weighted by Gasteiger charge is -2.18. The van der Waals surface area contributed by atoms with Crippen LogP contribution >= 0.6 is 0 Å². The maximum absolute atomic E-state index is 5.28. The molecule has 4 nitrogen and oxygen atoms in total. The molecule has 0 bridgehead atoms. The normalized spacial score (nSPS) is 11.3. The van der Waals surface area contributed by atoms with Gasteiger partial charge in [-0.3, -0.25) is 0 Å². The number of rotatable bonds is 7. The second-order valence-electron chi connectivity index (χ2n) is 13.6. The molecule has 0 fully saturated rings. The van der Waals surface area contributed by atoms with Crippen LogP contribution in [0, 0.1) is 0 Å². The third kappa shape index (κ3) is 5.96. The quantitative estimate of drug-likeness (QED) is 0.166. The molecule has 258 valence electrons. The average Bonchev–Trinajstić information content (AvgIpc) is 3.62. The van der Waals surface area contributed by atoms with Gasteiger partial charge in [0.2, 0.25) is 0 Å². The van der Waals surface area contributed by atoms with Crippen LogP contribution in [0.2, 0.25) is 0 Å². The van der Waals surface area contributed by atoms with Gasteiger partial charge in [0.05, 0.1) is 16.7 Å². The summed E-state index contributed by atoms with van der Waals surface area (Å²) in [6, 6.07) is 72.2. The molecule has 8 aromatic carbocycles. The Bertz CT molecular complexity index is 2940. The van der Waals surface area contributed by atoms with Gasteiger partial charge >= 0.3 is 0 Å². The molecule has 10 rings (SSSR count). The maximum atomic E-state index is 5.28. The zero-order chi connectivity index (χ0) is 36.6. The van der Waals surface area contributed by atoms with Crippen LogP contribution in [-0.4, -0.2) is 19.5 Å². The molecule has 0 atom stereocenters. The van der Waals surface area contributed by atoms with Gasteiger partial charge in [-0.05, 0) is 46.0 Å². The van der Waals surface area contributed by atoms with Gasteiger partial charge in [-0.15, -0.1) is 0 Å². The summed E-state index contributed by atoms with van der Waals surface area (Å²) in [5.41, 5.74) is 12.9. The minimum Gasteiger partial charge on any atom is -0.308 e. The van der Waals surface area contributed by atoms with E-state index in [0.717, 1.165) is 61.2 Å². The molecule has 0 aliphatic carbocycles. The lowest BCUT2D eigenvalue weighted by molar-refractivity contribution is 1.06. The van der Waals surface area contributed by atoms with Gasteiger partial charge in [0, 0.05) is 33.0 Å². The van der Waals surface area contributed by atoms with Crippen molar-refractivity contribution < 1.29 is 0 Å². The molecule has 0 saturated heterocycles. The van der Waals surface area contributed by atoms with E-state index in [4.69, 9.17) is 15.0 Å². The van der Waals surface area contributed by atoms with E-state index in [2.05, 4.69) is 187 Å². The molecule has 2 heterocycles. The minimum absolute atomic E-state index is 0.605. The Kier molecular flexibility index (Phi) is 8.12. The standard InChI is InChI=1S/C51H34N4/c1-5-16-35(17-6-1)37-28-30-40(31-29-37)50-52-49(39-22-11-4-12-23-39)53-51(54-50)45-33-32-41(36-18-7-2-8-19-36)34-47(45)55-46-27-14-13-24-43(46)44-26-15-25-42(48(44)55)38-20-9-3-10-21-38/h1-34H. The number of hydrogen-bond acceptors (Lipinski definition) is 3. The van der Waals surface area contributed by atoms with Crippen LogP contribution < -0.4 is 0 Å². The van der Waals surface area contributed by atoms with Gasteiger partial charge in [0.25, 0.3) is 0 Å². The minimum atomic E-state index is 0.605. The van der Waals surface area contributed by atoms with E-state index in [1.54, 1.807) is 0 Å². The molecule has 2 aromatic heterocycles. The summed E-state index contributed by atoms with van der Waals surface area (Å²) in [5, 5.41) is 2.37. The fraction of sp³-hybridized carbons (Fsp3) is 0. The number of nitrogens with zero attached hydrogens (tertiary/aromatic N) is 4. The van der Waals surface area contributed by atoms with Crippen molar-refractivity contribution in [1.29, 1.82) is 0 Å². The van der Waals surface area contributed by atoms with Crippen molar-refractivity contribution in [2.75, 3.05) is 0 Å². The summed E-state index contributed by atoms with van der Waals surface area (Å²) in [6.07, 6.45) is 0. The number of para-hydroxylation sites is 2. The highest BCUT2D eigenvalue weighted by Crippen LogP contribution is 2.41. The molecule has 0 spiro atoms. The van der Waals surface area contributed by atoms with E-state index in [9.17, 15) is 0 Å². The van der Waals surface area contributed by atoms with Crippen LogP contribution in [0.3, 0.4) is 0 Å². The molecule has 0 unspecified atom stereocenters. The summed E-state index contributed by atoms with van der Waals surface area (Å²) >= 11 is 0. The number of hydrogen-bond donors (Lipinski definition) is 0. The van der Waals surface area contributed by atoms with E-state index in [1.165, 1.54) is 16.3 Å².